The second kappa shape index (κ2) is 6.17. The highest BCUT2D eigenvalue weighted by molar-refractivity contribution is 7.90. The van der Waals surface area contributed by atoms with Gasteiger partial charge in [-0.15, -0.1) is 0 Å². The Labute approximate surface area is 136 Å². The van der Waals surface area contributed by atoms with Crippen LogP contribution in [0.5, 0.6) is 0 Å². The van der Waals surface area contributed by atoms with Crippen molar-refractivity contribution in [2.24, 2.45) is 0 Å². The lowest BCUT2D eigenvalue weighted by molar-refractivity contribution is 0.526. The topological polar surface area (TPSA) is 65.5 Å². The van der Waals surface area contributed by atoms with E-state index in [2.05, 4.69) is 38.9 Å². The van der Waals surface area contributed by atoms with E-state index in [9.17, 15) is 8.42 Å². The summed E-state index contributed by atoms with van der Waals surface area (Å²) < 4.78 is 27.1. The molecule has 0 fully saturated rings. The van der Waals surface area contributed by atoms with Gasteiger partial charge in [-0.25, -0.2) is 4.98 Å². The summed E-state index contributed by atoms with van der Waals surface area (Å²) in [6.45, 7) is 1.78. The predicted molar refractivity (Wildman–Crippen MR) is 91.7 cm³/mol. The highest BCUT2D eigenvalue weighted by Crippen LogP contribution is 2.24. The SMILES string of the molecule is CN(C)S(=O)(=O)Nc1ccc(N2CCc3ccccc3C2)cn1. The first-order chi connectivity index (χ1) is 11.0. The molecule has 1 aliphatic heterocycles. The summed E-state index contributed by atoms with van der Waals surface area (Å²) in [4.78, 5) is 6.47. The van der Waals surface area contributed by atoms with Gasteiger partial charge in [0.2, 0.25) is 0 Å². The number of hydrogen-bond donors (Lipinski definition) is 1. The third kappa shape index (κ3) is 3.46. The molecule has 23 heavy (non-hydrogen) atoms. The minimum atomic E-state index is -3.52. The van der Waals surface area contributed by atoms with Crippen LogP contribution in [-0.2, 0) is 23.2 Å². The average Bonchev–Trinajstić information content (AvgIpc) is 2.54. The van der Waals surface area contributed by atoms with Crippen molar-refractivity contribution in [3.05, 3.63) is 53.7 Å². The molecule has 0 saturated heterocycles. The van der Waals surface area contributed by atoms with E-state index in [-0.39, 0.29) is 0 Å². The van der Waals surface area contributed by atoms with E-state index >= 15 is 0 Å². The molecule has 6 nitrogen and oxygen atoms in total. The van der Waals surface area contributed by atoms with Gasteiger partial charge in [0.05, 0.1) is 11.9 Å². The molecule has 0 spiro atoms. The van der Waals surface area contributed by atoms with Gasteiger partial charge in [0.15, 0.2) is 0 Å². The van der Waals surface area contributed by atoms with E-state index in [1.54, 1.807) is 12.3 Å². The lowest BCUT2D eigenvalue weighted by Gasteiger charge is -2.30. The third-order valence-corrected chi connectivity index (χ3v) is 5.39. The lowest BCUT2D eigenvalue weighted by atomic mass is 10.00. The quantitative estimate of drug-likeness (QED) is 0.928. The Kier molecular flexibility index (Phi) is 4.23. The number of nitrogens with zero attached hydrogens (tertiary/aromatic N) is 3. The van der Waals surface area contributed by atoms with E-state index in [4.69, 9.17) is 0 Å². The molecular formula is C16H20N4O2S. The third-order valence-electron chi connectivity index (χ3n) is 3.96. The standard InChI is InChI=1S/C16H20N4O2S/c1-19(2)23(21,22)18-16-8-7-15(11-17-16)20-10-9-13-5-3-4-6-14(13)12-20/h3-8,11H,9-10,12H2,1-2H3,(H,17,18). The molecule has 0 unspecified atom stereocenters. The molecular weight excluding hydrogens is 312 g/mol. The molecule has 3 rings (SSSR count). The van der Waals surface area contributed by atoms with E-state index in [1.807, 2.05) is 6.07 Å². The zero-order chi connectivity index (χ0) is 16.4. The van der Waals surface area contributed by atoms with Crippen LogP contribution in [0.1, 0.15) is 11.1 Å². The Hall–Kier alpha value is -2.12. The van der Waals surface area contributed by atoms with Gasteiger partial charge in [-0.2, -0.15) is 12.7 Å². The number of hydrogen-bond acceptors (Lipinski definition) is 4. The Balaban J connectivity index is 1.74. The van der Waals surface area contributed by atoms with E-state index in [0.29, 0.717) is 5.82 Å². The second-order valence-corrected chi connectivity index (χ2v) is 7.62. The minimum absolute atomic E-state index is 0.319. The van der Waals surface area contributed by atoms with Crippen LogP contribution in [0.15, 0.2) is 42.6 Å². The summed E-state index contributed by atoms with van der Waals surface area (Å²) in [6, 6.07) is 12.0. The highest BCUT2D eigenvalue weighted by atomic mass is 32.2. The zero-order valence-electron chi connectivity index (χ0n) is 13.2. The van der Waals surface area contributed by atoms with E-state index in [0.717, 1.165) is 29.5 Å². The molecule has 122 valence electrons. The molecule has 2 heterocycles. The summed E-state index contributed by atoms with van der Waals surface area (Å²) in [5, 5.41) is 0. The monoisotopic (exact) mass is 332 g/mol. The first-order valence-electron chi connectivity index (χ1n) is 7.44. The molecule has 1 aliphatic rings. The van der Waals surface area contributed by atoms with Crippen molar-refractivity contribution in [3.63, 3.8) is 0 Å². The Morgan fingerprint density at radius 2 is 1.87 bits per heavy atom. The molecule has 0 atom stereocenters. The van der Waals surface area contributed by atoms with Crippen molar-refractivity contribution in [1.82, 2.24) is 9.29 Å². The number of fused-ring (bicyclic) bond motifs is 1. The maximum Gasteiger partial charge on any atom is 0.302 e. The number of aromatic nitrogens is 1. The Bertz CT molecular complexity index is 788. The fourth-order valence-corrected chi connectivity index (χ4v) is 3.14. The van der Waals surface area contributed by atoms with Gasteiger partial charge in [-0.3, -0.25) is 4.72 Å². The van der Waals surface area contributed by atoms with Gasteiger partial charge in [-0.05, 0) is 29.7 Å². The molecule has 0 amide bonds. The van der Waals surface area contributed by atoms with Gasteiger partial charge in [0.1, 0.15) is 5.82 Å². The van der Waals surface area contributed by atoms with Crippen molar-refractivity contribution < 1.29 is 8.42 Å². The molecule has 0 saturated carbocycles. The van der Waals surface area contributed by atoms with Crippen LogP contribution in [-0.4, -0.2) is 38.3 Å². The summed E-state index contributed by atoms with van der Waals surface area (Å²) in [5.74, 6) is 0.319. The van der Waals surface area contributed by atoms with Crippen molar-refractivity contribution in [2.45, 2.75) is 13.0 Å². The van der Waals surface area contributed by atoms with Gasteiger partial charge >= 0.3 is 10.2 Å². The van der Waals surface area contributed by atoms with Crippen LogP contribution in [0.2, 0.25) is 0 Å². The smallest absolute Gasteiger partial charge is 0.302 e. The summed E-state index contributed by atoms with van der Waals surface area (Å²) >= 11 is 0. The maximum absolute atomic E-state index is 11.8. The van der Waals surface area contributed by atoms with Gasteiger partial charge < -0.3 is 4.90 Å². The molecule has 1 aromatic carbocycles. The van der Waals surface area contributed by atoms with Crippen LogP contribution < -0.4 is 9.62 Å². The molecule has 7 heteroatoms. The summed E-state index contributed by atoms with van der Waals surface area (Å²) in [7, 11) is -0.574. The van der Waals surface area contributed by atoms with Crippen molar-refractivity contribution in [3.8, 4) is 0 Å². The van der Waals surface area contributed by atoms with Gasteiger partial charge in [0.25, 0.3) is 0 Å². The molecule has 1 aromatic heterocycles. The summed E-state index contributed by atoms with van der Waals surface area (Å²) in [5.41, 5.74) is 3.72. The Morgan fingerprint density at radius 3 is 2.52 bits per heavy atom. The normalized spacial score (nSPS) is 14.7. The van der Waals surface area contributed by atoms with Crippen LogP contribution in [0.3, 0.4) is 0 Å². The molecule has 2 aromatic rings. The van der Waals surface area contributed by atoms with Crippen LogP contribution in [0, 0.1) is 0 Å². The minimum Gasteiger partial charge on any atom is -0.366 e. The largest absolute Gasteiger partial charge is 0.366 e. The number of nitrogens with one attached hydrogen (secondary N) is 1. The van der Waals surface area contributed by atoms with Crippen molar-refractivity contribution in [1.29, 1.82) is 0 Å². The molecule has 1 N–H and O–H groups in total. The van der Waals surface area contributed by atoms with E-state index in [1.165, 1.54) is 25.2 Å². The fourth-order valence-electron chi connectivity index (χ4n) is 2.57. The predicted octanol–water partition coefficient (Wildman–Crippen LogP) is 1.86. The fraction of sp³-hybridized carbons (Fsp3) is 0.312. The van der Waals surface area contributed by atoms with E-state index < -0.39 is 10.2 Å². The van der Waals surface area contributed by atoms with Crippen molar-refractivity contribution >= 4 is 21.7 Å². The molecule has 0 bridgehead atoms. The Morgan fingerprint density at radius 1 is 1.13 bits per heavy atom. The number of pyridine rings is 1. The van der Waals surface area contributed by atoms with Gasteiger partial charge in [0, 0.05) is 27.2 Å². The number of rotatable bonds is 4. The lowest BCUT2D eigenvalue weighted by Crippen LogP contribution is -2.31. The second-order valence-electron chi connectivity index (χ2n) is 5.73. The van der Waals surface area contributed by atoms with Crippen LogP contribution in [0.25, 0.3) is 0 Å². The number of anilines is 2. The average molecular weight is 332 g/mol. The van der Waals surface area contributed by atoms with Crippen molar-refractivity contribution in [2.75, 3.05) is 30.3 Å². The van der Waals surface area contributed by atoms with Crippen LogP contribution >= 0.6 is 0 Å². The first-order valence-corrected chi connectivity index (χ1v) is 8.88. The zero-order valence-corrected chi connectivity index (χ0v) is 14.0. The highest BCUT2D eigenvalue weighted by Gasteiger charge is 2.17. The maximum atomic E-state index is 11.8. The molecule has 0 radical (unpaired) electrons. The first kappa shape index (κ1) is 15.8. The molecule has 0 aliphatic carbocycles. The number of benzene rings is 1. The van der Waals surface area contributed by atoms with Crippen LogP contribution in [0.4, 0.5) is 11.5 Å². The van der Waals surface area contributed by atoms with Gasteiger partial charge in [-0.1, -0.05) is 24.3 Å². The summed E-state index contributed by atoms with van der Waals surface area (Å²) in [6.07, 6.45) is 2.71.